The number of para-hydroxylation sites is 4. The summed E-state index contributed by atoms with van der Waals surface area (Å²) in [6.45, 7) is 0. The molecule has 0 aliphatic rings. The maximum absolute atomic E-state index is 6.29. The lowest BCUT2D eigenvalue weighted by atomic mass is 9.98. The fraction of sp³-hybridized carbons (Fsp3) is 0. The zero-order valence-electron chi connectivity index (χ0n) is 28.8. The van der Waals surface area contributed by atoms with Crippen LogP contribution in [0, 0.1) is 0 Å². The summed E-state index contributed by atoms with van der Waals surface area (Å²) in [4.78, 5) is 2.43. The largest absolute Gasteiger partial charge is 0.456 e. The van der Waals surface area contributed by atoms with E-state index in [0.717, 1.165) is 55.6 Å². The monoisotopic (exact) mass is 676 g/mol. The van der Waals surface area contributed by atoms with Crippen LogP contribution in [0.2, 0.25) is 0 Å². The van der Waals surface area contributed by atoms with Gasteiger partial charge in [0.05, 0.1) is 16.7 Å². The van der Waals surface area contributed by atoms with Crippen molar-refractivity contribution in [2.24, 2.45) is 0 Å². The number of furan rings is 1. The van der Waals surface area contributed by atoms with E-state index in [0.29, 0.717) is 0 Å². The van der Waals surface area contributed by atoms with E-state index < -0.39 is 0 Å². The molecule has 0 fully saturated rings. The predicted octanol–water partition coefficient (Wildman–Crippen LogP) is 14.1. The molecular weight excluding hydrogens is 645 g/mol. The van der Waals surface area contributed by atoms with Crippen molar-refractivity contribution in [1.29, 1.82) is 0 Å². The molecule has 11 rings (SSSR count). The Kier molecular flexibility index (Phi) is 6.55. The zero-order chi connectivity index (χ0) is 34.9. The molecule has 0 saturated heterocycles. The summed E-state index contributed by atoms with van der Waals surface area (Å²) in [7, 11) is 0. The zero-order valence-corrected chi connectivity index (χ0v) is 28.8. The van der Waals surface area contributed by atoms with Gasteiger partial charge in [0.25, 0.3) is 0 Å². The first-order valence-corrected chi connectivity index (χ1v) is 18.1. The van der Waals surface area contributed by atoms with Gasteiger partial charge >= 0.3 is 0 Å². The molecule has 0 radical (unpaired) electrons. The summed E-state index contributed by atoms with van der Waals surface area (Å²) in [6.07, 6.45) is 0. The van der Waals surface area contributed by atoms with Crippen LogP contribution in [-0.2, 0) is 0 Å². The average molecular weight is 677 g/mol. The van der Waals surface area contributed by atoms with E-state index >= 15 is 0 Å². The van der Waals surface area contributed by atoms with Crippen LogP contribution in [0.25, 0.3) is 82.1 Å². The standard InChI is InChI=1S/C50H32N2O/c1-3-13-33(14-4-1)39-17-7-10-20-46(39)51(38-27-28-41-40-18-8-11-21-47(40)52(48(41)31-38)36-15-5-2-6-16-36)37-26-25-34-23-24-35-29-50-45(32-44(35)43(34)30-37)42-19-9-12-22-49(42)53-50/h1-32H. The maximum Gasteiger partial charge on any atom is 0.136 e. The van der Waals surface area contributed by atoms with E-state index in [4.69, 9.17) is 4.42 Å². The van der Waals surface area contributed by atoms with Crippen molar-refractivity contribution in [3.05, 3.63) is 194 Å². The predicted molar refractivity (Wildman–Crippen MR) is 223 cm³/mol. The topological polar surface area (TPSA) is 21.3 Å². The van der Waals surface area contributed by atoms with E-state index in [9.17, 15) is 0 Å². The molecule has 3 heteroatoms. The Balaban J connectivity index is 1.20. The van der Waals surface area contributed by atoms with Gasteiger partial charge in [0.15, 0.2) is 0 Å². The van der Waals surface area contributed by atoms with Crippen LogP contribution in [0.1, 0.15) is 0 Å². The summed E-state index contributed by atoms with van der Waals surface area (Å²) < 4.78 is 8.69. The van der Waals surface area contributed by atoms with E-state index in [2.05, 4.69) is 191 Å². The van der Waals surface area contributed by atoms with Gasteiger partial charge in [-0.25, -0.2) is 0 Å². The van der Waals surface area contributed by atoms with Gasteiger partial charge in [-0.15, -0.1) is 0 Å². The van der Waals surface area contributed by atoms with E-state index in [-0.39, 0.29) is 0 Å². The van der Waals surface area contributed by atoms with Gasteiger partial charge in [0.1, 0.15) is 11.2 Å². The molecule has 0 saturated carbocycles. The van der Waals surface area contributed by atoms with Crippen LogP contribution in [0.5, 0.6) is 0 Å². The molecule has 0 N–H and O–H groups in total. The number of rotatable bonds is 5. The van der Waals surface area contributed by atoms with Gasteiger partial charge in [-0.05, 0) is 93.8 Å². The SMILES string of the molecule is c1ccc(-c2ccccc2N(c2ccc3ccc4cc5oc6ccccc6c5cc4c3c2)c2ccc3c4ccccc4n(-c4ccccc4)c3c2)cc1. The van der Waals surface area contributed by atoms with Crippen molar-refractivity contribution in [2.45, 2.75) is 0 Å². The van der Waals surface area contributed by atoms with Crippen molar-refractivity contribution >= 4 is 82.4 Å². The van der Waals surface area contributed by atoms with Crippen molar-refractivity contribution < 1.29 is 4.42 Å². The third-order valence-corrected chi connectivity index (χ3v) is 10.7. The molecule has 0 unspecified atom stereocenters. The molecule has 9 aromatic carbocycles. The Morgan fingerprint density at radius 1 is 0.377 bits per heavy atom. The van der Waals surface area contributed by atoms with Crippen molar-refractivity contribution in [1.82, 2.24) is 4.57 Å². The molecule has 0 amide bonds. The third kappa shape index (κ3) is 4.68. The van der Waals surface area contributed by atoms with Gasteiger partial charge in [0, 0.05) is 44.2 Å². The Morgan fingerprint density at radius 3 is 1.91 bits per heavy atom. The molecule has 0 aliphatic carbocycles. The maximum atomic E-state index is 6.29. The molecule has 2 aromatic heterocycles. The van der Waals surface area contributed by atoms with Crippen LogP contribution in [0.15, 0.2) is 199 Å². The highest BCUT2D eigenvalue weighted by molar-refractivity contribution is 6.17. The summed E-state index contributed by atoms with van der Waals surface area (Å²) in [5.74, 6) is 0. The number of hydrogen-bond donors (Lipinski definition) is 0. The molecule has 0 spiro atoms. The summed E-state index contributed by atoms with van der Waals surface area (Å²) in [6, 6.07) is 69.9. The van der Waals surface area contributed by atoms with E-state index in [1.54, 1.807) is 0 Å². The highest BCUT2D eigenvalue weighted by Gasteiger charge is 2.21. The minimum absolute atomic E-state index is 0.912. The first-order valence-electron chi connectivity index (χ1n) is 18.1. The fourth-order valence-electron chi connectivity index (χ4n) is 8.31. The quantitative estimate of drug-likeness (QED) is 0.169. The van der Waals surface area contributed by atoms with Crippen LogP contribution in [-0.4, -0.2) is 4.57 Å². The van der Waals surface area contributed by atoms with Gasteiger partial charge < -0.3 is 13.9 Å². The highest BCUT2D eigenvalue weighted by Crippen LogP contribution is 2.45. The van der Waals surface area contributed by atoms with Gasteiger partial charge in [-0.2, -0.15) is 0 Å². The molecule has 53 heavy (non-hydrogen) atoms. The van der Waals surface area contributed by atoms with Crippen molar-refractivity contribution in [3.8, 4) is 16.8 Å². The molecule has 248 valence electrons. The Bertz CT molecular complexity index is 3170. The lowest BCUT2D eigenvalue weighted by molar-refractivity contribution is 0.669. The smallest absolute Gasteiger partial charge is 0.136 e. The summed E-state index contributed by atoms with van der Waals surface area (Å²) in [5.41, 5.74) is 11.0. The van der Waals surface area contributed by atoms with Gasteiger partial charge in [0.2, 0.25) is 0 Å². The van der Waals surface area contributed by atoms with Gasteiger partial charge in [-0.1, -0.05) is 127 Å². The van der Waals surface area contributed by atoms with Crippen LogP contribution in [0.4, 0.5) is 17.1 Å². The lowest BCUT2D eigenvalue weighted by Gasteiger charge is -2.28. The second-order valence-corrected chi connectivity index (χ2v) is 13.7. The second-order valence-electron chi connectivity index (χ2n) is 13.7. The number of aromatic nitrogens is 1. The molecule has 11 aromatic rings. The minimum Gasteiger partial charge on any atom is -0.456 e. The minimum atomic E-state index is 0.912. The molecule has 2 heterocycles. The Labute approximate surface area is 306 Å². The Hall–Kier alpha value is -7.10. The summed E-state index contributed by atoms with van der Waals surface area (Å²) >= 11 is 0. The Morgan fingerprint density at radius 2 is 1.02 bits per heavy atom. The van der Waals surface area contributed by atoms with Crippen molar-refractivity contribution in [3.63, 3.8) is 0 Å². The van der Waals surface area contributed by atoms with E-state index in [1.165, 1.54) is 43.6 Å². The number of nitrogens with zero attached hydrogens (tertiary/aromatic N) is 2. The fourth-order valence-corrected chi connectivity index (χ4v) is 8.31. The van der Waals surface area contributed by atoms with Crippen LogP contribution < -0.4 is 4.90 Å². The molecule has 3 nitrogen and oxygen atoms in total. The van der Waals surface area contributed by atoms with Crippen molar-refractivity contribution in [2.75, 3.05) is 4.90 Å². The van der Waals surface area contributed by atoms with E-state index in [1.807, 2.05) is 12.1 Å². The number of anilines is 3. The number of fused-ring (bicyclic) bond motifs is 9. The number of hydrogen-bond acceptors (Lipinski definition) is 2. The van der Waals surface area contributed by atoms with Gasteiger partial charge in [-0.3, -0.25) is 0 Å². The average Bonchev–Trinajstić information content (AvgIpc) is 3.76. The highest BCUT2D eigenvalue weighted by atomic mass is 16.3. The molecule has 0 aliphatic heterocycles. The van der Waals surface area contributed by atoms with Crippen LogP contribution in [0.3, 0.4) is 0 Å². The second kappa shape index (κ2) is 11.7. The summed E-state index contributed by atoms with van der Waals surface area (Å²) in [5, 5.41) is 9.51. The molecule has 0 bridgehead atoms. The molecule has 0 atom stereocenters. The number of benzene rings is 9. The van der Waals surface area contributed by atoms with Crippen LogP contribution >= 0.6 is 0 Å². The normalized spacial score (nSPS) is 11.8. The molecular formula is C50H32N2O. The first kappa shape index (κ1) is 29.6. The third-order valence-electron chi connectivity index (χ3n) is 10.7. The lowest BCUT2D eigenvalue weighted by Crippen LogP contribution is -2.11. The first-order chi connectivity index (χ1) is 26.3.